The number of nitrogens with one attached hydrogen (secondary N) is 1. The number of Topliss-reactive ketones (excluding diaryl/α,β-unsaturated/α-hetero) is 1. The third-order valence-corrected chi connectivity index (χ3v) is 5.68. The van der Waals surface area contributed by atoms with Crippen molar-refractivity contribution < 1.29 is 4.79 Å². The van der Waals surface area contributed by atoms with Gasteiger partial charge < -0.3 is 5.32 Å². The maximum atomic E-state index is 13.0. The fourth-order valence-electron chi connectivity index (χ4n) is 3.92. The third-order valence-electron chi connectivity index (χ3n) is 5.18. The van der Waals surface area contributed by atoms with Crippen molar-refractivity contribution in [2.45, 2.75) is 25.2 Å². The molecule has 1 aromatic heterocycles. The van der Waals surface area contributed by atoms with Crippen LogP contribution in [0, 0.1) is 0 Å². The van der Waals surface area contributed by atoms with Crippen LogP contribution in [0.25, 0.3) is 0 Å². The van der Waals surface area contributed by atoms with Crippen LogP contribution in [-0.4, -0.2) is 14.9 Å². The summed E-state index contributed by atoms with van der Waals surface area (Å²) in [6, 6.07) is 7.64. The number of hydrogen-bond acceptors (Lipinski definition) is 4. The summed E-state index contributed by atoms with van der Waals surface area (Å²) >= 11 is 3.48. The molecule has 7 heteroatoms. The Morgan fingerprint density at radius 1 is 1.12 bits per heavy atom. The predicted octanol–water partition coefficient (Wildman–Crippen LogP) is 2.41. The molecule has 134 valence electrons. The minimum Gasteiger partial charge on any atom is -0.344 e. The summed E-state index contributed by atoms with van der Waals surface area (Å²) in [5.41, 5.74) is 2.02. The fourth-order valence-corrected chi connectivity index (χ4v) is 4.33. The van der Waals surface area contributed by atoms with E-state index >= 15 is 0 Å². The molecule has 1 N–H and O–H groups in total. The molecule has 0 bridgehead atoms. The highest BCUT2D eigenvalue weighted by atomic mass is 79.9. The number of benzene rings is 1. The molecule has 0 radical (unpaired) electrons. The molecule has 2 aliphatic rings. The van der Waals surface area contributed by atoms with Gasteiger partial charge in [-0.3, -0.25) is 18.7 Å². The van der Waals surface area contributed by atoms with Crippen molar-refractivity contribution in [3.05, 3.63) is 72.0 Å². The van der Waals surface area contributed by atoms with Crippen LogP contribution >= 0.6 is 15.9 Å². The van der Waals surface area contributed by atoms with Gasteiger partial charge in [0, 0.05) is 42.2 Å². The van der Waals surface area contributed by atoms with E-state index in [9.17, 15) is 14.4 Å². The van der Waals surface area contributed by atoms with Crippen LogP contribution < -0.4 is 16.6 Å². The zero-order chi connectivity index (χ0) is 18.6. The first kappa shape index (κ1) is 17.0. The number of nitrogens with zero attached hydrogens (tertiary/aromatic N) is 2. The monoisotopic (exact) mass is 415 g/mol. The van der Waals surface area contributed by atoms with E-state index in [1.54, 1.807) is 7.05 Å². The Balaban J connectivity index is 2.10. The van der Waals surface area contributed by atoms with Crippen LogP contribution in [0.1, 0.15) is 36.3 Å². The van der Waals surface area contributed by atoms with E-state index in [0.717, 1.165) is 33.1 Å². The Kier molecular flexibility index (Phi) is 3.99. The minimum atomic E-state index is -0.475. The Morgan fingerprint density at radius 3 is 2.62 bits per heavy atom. The van der Waals surface area contributed by atoms with Gasteiger partial charge in [0.1, 0.15) is 5.82 Å². The molecule has 6 nitrogen and oxygen atoms in total. The van der Waals surface area contributed by atoms with E-state index in [1.165, 1.54) is 11.6 Å². The van der Waals surface area contributed by atoms with Gasteiger partial charge in [-0.25, -0.2) is 4.79 Å². The number of carbonyl (C=O) groups excluding carboxylic acids is 1. The summed E-state index contributed by atoms with van der Waals surface area (Å²) in [5.74, 6) is 0.0684. The highest BCUT2D eigenvalue weighted by Crippen LogP contribution is 2.43. The van der Waals surface area contributed by atoms with Crippen LogP contribution in [0.4, 0.5) is 5.82 Å². The lowest BCUT2D eigenvalue weighted by atomic mass is 9.76. The summed E-state index contributed by atoms with van der Waals surface area (Å²) in [7, 11) is 3.11. The molecule has 1 aromatic carbocycles. The number of anilines is 1. The maximum Gasteiger partial charge on any atom is 0.332 e. The molecule has 0 amide bonds. The van der Waals surface area contributed by atoms with Gasteiger partial charge >= 0.3 is 5.69 Å². The number of fused-ring (bicyclic) bond motifs is 1. The van der Waals surface area contributed by atoms with Gasteiger partial charge in [-0.2, -0.15) is 0 Å². The highest BCUT2D eigenvalue weighted by molar-refractivity contribution is 9.10. The van der Waals surface area contributed by atoms with Gasteiger partial charge in [-0.1, -0.05) is 28.1 Å². The van der Waals surface area contributed by atoms with E-state index in [-0.39, 0.29) is 17.0 Å². The van der Waals surface area contributed by atoms with Crippen LogP contribution in [0.3, 0.4) is 0 Å². The Morgan fingerprint density at radius 2 is 1.88 bits per heavy atom. The average molecular weight is 416 g/mol. The van der Waals surface area contributed by atoms with Crippen LogP contribution in [0.5, 0.6) is 0 Å². The summed E-state index contributed by atoms with van der Waals surface area (Å²) in [6.07, 6.45) is 1.98. The first-order chi connectivity index (χ1) is 12.4. The fraction of sp³-hybridized carbons (Fsp3) is 0.316. The van der Waals surface area contributed by atoms with Crippen LogP contribution in [0.15, 0.2) is 49.6 Å². The van der Waals surface area contributed by atoms with Crippen molar-refractivity contribution in [3.63, 3.8) is 0 Å². The van der Waals surface area contributed by atoms with E-state index in [1.807, 2.05) is 24.3 Å². The van der Waals surface area contributed by atoms with Gasteiger partial charge in [-0.05, 0) is 30.5 Å². The van der Waals surface area contributed by atoms with Crippen molar-refractivity contribution in [2.75, 3.05) is 5.32 Å². The topological polar surface area (TPSA) is 73.1 Å². The maximum absolute atomic E-state index is 13.0. The summed E-state index contributed by atoms with van der Waals surface area (Å²) in [5, 5.41) is 3.22. The third kappa shape index (κ3) is 2.41. The predicted molar refractivity (Wildman–Crippen MR) is 102 cm³/mol. The van der Waals surface area contributed by atoms with E-state index in [2.05, 4.69) is 21.2 Å². The van der Waals surface area contributed by atoms with Crippen molar-refractivity contribution in [2.24, 2.45) is 14.1 Å². The lowest BCUT2D eigenvalue weighted by Gasteiger charge is -2.34. The number of halogens is 1. The molecule has 1 atom stereocenters. The number of rotatable bonds is 1. The van der Waals surface area contributed by atoms with Crippen LogP contribution in [0.2, 0.25) is 0 Å². The minimum absolute atomic E-state index is 0.0604. The molecule has 1 aliphatic carbocycles. The molecular formula is C19H18BrN3O3. The average Bonchev–Trinajstić information content (AvgIpc) is 2.63. The Labute approximate surface area is 158 Å². The Hall–Kier alpha value is -2.41. The lowest BCUT2D eigenvalue weighted by molar-refractivity contribution is -0.116. The standard InChI is InChI=1S/C19H18BrN3O3/c1-22-17-16(18(25)23(2)19(22)26)14(10-5-3-6-11(20)9-10)15-12(21-17)7-4-8-13(15)24/h3,5-6,9,14,21H,4,7-8H2,1-2H3/t14-/m1/s1. The first-order valence-electron chi connectivity index (χ1n) is 8.48. The quantitative estimate of drug-likeness (QED) is 0.775. The second-order valence-electron chi connectivity index (χ2n) is 6.75. The van der Waals surface area contributed by atoms with Crippen molar-refractivity contribution >= 4 is 27.5 Å². The zero-order valence-corrected chi connectivity index (χ0v) is 16.1. The van der Waals surface area contributed by atoms with E-state index in [0.29, 0.717) is 23.4 Å². The van der Waals surface area contributed by atoms with Gasteiger partial charge in [0.05, 0.1) is 5.56 Å². The van der Waals surface area contributed by atoms with Crippen LogP contribution in [-0.2, 0) is 18.9 Å². The van der Waals surface area contributed by atoms with Gasteiger partial charge in [-0.15, -0.1) is 0 Å². The molecule has 0 fully saturated rings. The summed E-state index contributed by atoms with van der Waals surface area (Å²) in [4.78, 5) is 38.1. The second kappa shape index (κ2) is 6.09. The van der Waals surface area contributed by atoms with E-state index in [4.69, 9.17) is 0 Å². The highest BCUT2D eigenvalue weighted by Gasteiger charge is 2.38. The number of allylic oxidation sites excluding steroid dienone is 2. The van der Waals surface area contributed by atoms with E-state index < -0.39 is 5.92 Å². The zero-order valence-electron chi connectivity index (χ0n) is 14.5. The Bertz CT molecular complexity index is 1090. The molecular weight excluding hydrogens is 398 g/mol. The molecule has 2 aromatic rings. The molecule has 2 heterocycles. The number of carbonyl (C=O) groups is 1. The SMILES string of the molecule is Cn1c2c(c(=O)n(C)c1=O)[C@H](c1cccc(Br)c1)C1=C(CCCC1=O)N2. The molecule has 0 saturated heterocycles. The number of ketones is 1. The molecule has 0 unspecified atom stereocenters. The lowest BCUT2D eigenvalue weighted by Crippen LogP contribution is -2.44. The van der Waals surface area contributed by atoms with Crippen molar-refractivity contribution in [3.8, 4) is 0 Å². The molecule has 26 heavy (non-hydrogen) atoms. The summed E-state index contributed by atoms with van der Waals surface area (Å²) < 4.78 is 3.43. The van der Waals surface area contributed by atoms with Crippen molar-refractivity contribution in [1.82, 2.24) is 9.13 Å². The van der Waals surface area contributed by atoms with Crippen molar-refractivity contribution in [1.29, 1.82) is 0 Å². The molecule has 1 aliphatic heterocycles. The van der Waals surface area contributed by atoms with Gasteiger partial charge in [0.25, 0.3) is 5.56 Å². The molecule has 0 spiro atoms. The second-order valence-corrected chi connectivity index (χ2v) is 7.67. The molecule has 4 rings (SSSR count). The largest absolute Gasteiger partial charge is 0.344 e. The van der Waals surface area contributed by atoms with Gasteiger partial charge in [0.2, 0.25) is 0 Å². The normalized spacial score (nSPS) is 19.0. The van der Waals surface area contributed by atoms with Gasteiger partial charge in [0.15, 0.2) is 5.78 Å². The molecule has 0 saturated carbocycles. The first-order valence-corrected chi connectivity index (χ1v) is 9.28. The number of hydrogen-bond donors (Lipinski definition) is 1. The smallest absolute Gasteiger partial charge is 0.332 e. The number of aromatic nitrogens is 2. The summed E-state index contributed by atoms with van der Waals surface area (Å²) in [6.45, 7) is 0.